The predicted octanol–water partition coefficient (Wildman–Crippen LogP) is 17.0. The van der Waals surface area contributed by atoms with Crippen molar-refractivity contribution in [1.82, 2.24) is 15.0 Å². The highest BCUT2D eigenvalue weighted by atomic mass is 16.3. The van der Waals surface area contributed by atoms with Crippen LogP contribution in [0.25, 0.3) is 143 Å². The molecule has 0 spiro atoms. The number of benzene rings is 11. The number of hydrogen-bond acceptors (Lipinski definition) is 4. The normalized spacial score (nSPS) is 11.9. The lowest BCUT2D eigenvalue weighted by atomic mass is 9.86. The van der Waals surface area contributed by atoms with E-state index in [0.717, 1.165) is 61.2 Å². The Morgan fingerprint density at radius 2 is 0.731 bits per heavy atom. The van der Waals surface area contributed by atoms with Crippen LogP contribution in [0.1, 0.15) is 0 Å². The van der Waals surface area contributed by atoms with Crippen LogP contribution in [0.2, 0.25) is 0 Å². The highest BCUT2D eigenvalue weighted by Crippen LogP contribution is 2.45. The molecule has 0 radical (unpaired) electrons. The Morgan fingerprint density at radius 3 is 1.40 bits per heavy atom. The first kappa shape index (κ1) is 37.4. The maximum Gasteiger partial charge on any atom is 0.164 e. The van der Waals surface area contributed by atoms with E-state index in [9.17, 15) is 0 Å². The number of para-hydroxylation sites is 1. The summed E-state index contributed by atoms with van der Waals surface area (Å²) in [5, 5.41) is 16.3. The summed E-state index contributed by atoms with van der Waals surface area (Å²) in [6, 6.07) is 80.1. The van der Waals surface area contributed by atoms with E-state index in [2.05, 4.69) is 164 Å². The first-order valence-electron chi connectivity index (χ1n) is 22.7. The van der Waals surface area contributed by atoms with Crippen LogP contribution in [0.4, 0.5) is 0 Å². The molecule has 4 heteroatoms. The highest BCUT2D eigenvalue weighted by Gasteiger charge is 2.21. The van der Waals surface area contributed by atoms with Crippen molar-refractivity contribution in [3.05, 3.63) is 224 Å². The van der Waals surface area contributed by atoms with Gasteiger partial charge in [0.15, 0.2) is 17.5 Å². The molecule has 0 aliphatic rings. The first-order chi connectivity index (χ1) is 33.2. The number of nitrogens with zero attached hydrogens (tertiary/aromatic N) is 3. The van der Waals surface area contributed by atoms with Crippen LogP contribution in [0.15, 0.2) is 229 Å². The summed E-state index contributed by atoms with van der Waals surface area (Å²) in [4.78, 5) is 15.7. The lowest BCUT2D eigenvalue weighted by Crippen LogP contribution is -2.01. The Bertz CT molecular complexity index is 4240. The average molecular weight is 852 g/mol. The zero-order chi connectivity index (χ0) is 44.0. The molecule has 0 aliphatic heterocycles. The zero-order valence-corrected chi connectivity index (χ0v) is 36.1. The van der Waals surface area contributed by atoms with E-state index in [1.165, 1.54) is 64.6 Å². The van der Waals surface area contributed by atoms with Crippen molar-refractivity contribution in [2.24, 2.45) is 0 Å². The topological polar surface area (TPSA) is 51.8 Å². The molecule has 310 valence electrons. The summed E-state index contributed by atoms with van der Waals surface area (Å²) in [6.45, 7) is 0. The molecule has 0 bridgehead atoms. The van der Waals surface area contributed by atoms with Crippen molar-refractivity contribution >= 4 is 75.6 Å². The van der Waals surface area contributed by atoms with Crippen LogP contribution in [0, 0.1) is 0 Å². The SMILES string of the molecule is c1ccc(-c2nc(-c3ccccc3-c3cccc(-c4cc5ccc6cccc7c8cccc9ccc%10cccc(c(c4)c5c67)c%10c98)c3)nc(-c3ccccc3-c3cc4ccccc4o3)n2)cc1. The summed E-state index contributed by atoms with van der Waals surface area (Å²) in [6.07, 6.45) is 0. The Labute approximate surface area is 385 Å². The number of furan rings is 1. The summed E-state index contributed by atoms with van der Waals surface area (Å²) in [7, 11) is 0. The molecule has 14 aromatic rings. The summed E-state index contributed by atoms with van der Waals surface area (Å²) in [5.41, 5.74) is 8.84. The maximum absolute atomic E-state index is 6.41. The second-order valence-corrected chi connectivity index (χ2v) is 17.5. The van der Waals surface area contributed by atoms with Gasteiger partial charge in [0.05, 0.1) is 0 Å². The largest absolute Gasteiger partial charge is 0.456 e. The molecule has 0 amide bonds. The van der Waals surface area contributed by atoms with Gasteiger partial charge in [-0.15, -0.1) is 0 Å². The van der Waals surface area contributed by atoms with Crippen LogP contribution in [-0.2, 0) is 0 Å². The van der Waals surface area contributed by atoms with E-state index in [4.69, 9.17) is 19.4 Å². The highest BCUT2D eigenvalue weighted by molar-refractivity contribution is 6.37. The lowest BCUT2D eigenvalue weighted by Gasteiger charge is -2.17. The number of fused-ring (bicyclic) bond motifs is 3. The van der Waals surface area contributed by atoms with Gasteiger partial charge < -0.3 is 4.42 Å². The van der Waals surface area contributed by atoms with Crippen LogP contribution in [0.5, 0.6) is 0 Å². The molecule has 0 saturated carbocycles. The van der Waals surface area contributed by atoms with Crippen molar-refractivity contribution in [2.45, 2.75) is 0 Å². The van der Waals surface area contributed by atoms with E-state index in [0.29, 0.717) is 17.5 Å². The Kier molecular flexibility index (Phi) is 8.25. The molecule has 14 rings (SSSR count). The Balaban J connectivity index is 0.963. The Hall–Kier alpha value is -8.99. The van der Waals surface area contributed by atoms with Crippen molar-refractivity contribution < 1.29 is 4.42 Å². The first-order valence-corrected chi connectivity index (χ1v) is 22.7. The third-order valence-corrected chi connectivity index (χ3v) is 13.6. The fourth-order valence-electron chi connectivity index (χ4n) is 10.6. The molecular weight excluding hydrogens is 815 g/mol. The molecule has 67 heavy (non-hydrogen) atoms. The molecular formula is C63H37N3O. The van der Waals surface area contributed by atoms with Gasteiger partial charge in [-0.05, 0) is 117 Å². The van der Waals surface area contributed by atoms with E-state index in [1.54, 1.807) is 0 Å². The summed E-state index contributed by atoms with van der Waals surface area (Å²) < 4.78 is 6.41. The van der Waals surface area contributed by atoms with Crippen LogP contribution >= 0.6 is 0 Å². The van der Waals surface area contributed by atoms with Crippen LogP contribution in [0.3, 0.4) is 0 Å². The molecule has 4 nitrogen and oxygen atoms in total. The van der Waals surface area contributed by atoms with Gasteiger partial charge in [-0.3, -0.25) is 0 Å². The van der Waals surface area contributed by atoms with Gasteiger partial charge in [-0.1, -0.05) is 194 Å². The quantitative estimate of drug-likeness (QED) is 0.156. The van der Waals surface area contributed by atoms with Gasteiger partial charge >= 0.3 is 0 Å². The summed E-state index contributed by atoms with van der Waals surface area (Å²) >= 11 is 0. The minimum atomic E-state index is 0.573. The van der Waals surface area contributed by atoms with Crippen molar-refractivity contribution in [3.8, 4) is 67.7 Å². The van der Waals surface area contributed by atoms with Crippen molar-refractivity contribution in [1.29, 1.82) is 0 Å². The van der Waals surface area contributed by atoms with Gasteiger partial charge in [0, 0.05) is 27.6 Å². The zero-order valence-electron chi connectivity index (χ0n) is 36.1. The average Bonchev–Trinajstić information content (AvgIpc) is 3.84. The molecule has 12 aromatic carbocycles. The number of aromatic nitrogens is 3. The number of hydrogen-bond donors (Lipinski definition) is 0. The standard InChI is InChI=1S/C63H37N3O/c1-2-14-41(15-3-1)61-64-62(66-63(65-61)53-25-8-6-23-48(53)56-37-44-16-4-9-29-55(44)67-56)52-24-7-5-22-47(52)43-21-10-20-42(34-43)46-35-45-33-32-40-18-12-27-50-49-26-11-17-38-30-31-39-19-13-28-51(59(39)57(38)49)54(36-46)60(45)58(40)50/h1-37H. The summed E-state index contributed by atoms with van der Waals surface area (Å²) in [5.74, 6) is 2.53. The van der Waals surface area contributed by atoms with E-state index in [1.807, 2.05) is 60.7 Å². The molecule has 2 heterocycles. The second kappa shape index (κ2) is 14.8. The smallest absolute Gasteiger partial charge is 0.164 e. The maximum atomic E-state index is 6.41. The van der Waals surface area contributed by atoms with Crippen LogP contribution < -0.4 is 0 Å². The van der Waals surface area contributed by atoms with Crippen molar-refractivity contribution in [2.75, 3.05) is 0 Å². The van der Waals surface area contributed by atoms with E-state index >= 15 is 0 Å². The molecule has 0 fully saturated rings. The van der Waals surface area contributed by atoms with Gasteiger partial charge in [0.2, 0.25) is 0 Å². The van der Waals surface area contributed by atoms with Gasteiger partial charge in [0.1, 0.15) is 11.3 Å². The van der Waals surface area contributed by atoms with Crippen molar-refractivity contribution in [3.63, 3.8) is 0 Å². The number of rotatable bonds is 6. The van der Waals surface area contributed by atoms with E-state index in [-0.39, 0.29) is 0 Å². The second-order valence-electron chi connectivity index (χ2n) is 17.5. The molecule has 0 aliphatic carbocycles. The fourth-order valence-corrected chi connectivity index (χ4v) is 10.6. The minimum absolute atomic E-state index is 0.573. The van der Waals surface area contributed by atoms with E-state index < -0.39 is 0 Å². The van der Waals surface area contributed by atoms with Gasteiger partial charge in [-0.2, -0.15) is 0 Å². The molecule has 0 saturated heterocycles. The molecule has 0 atom stereocenters. The minimum Gasteiger partial charge on any atom is -0.456 e. The third-order valence-electron chi connectivity index (χ3n) is 13.6. The predicted molar refractivity (Wildman–Crippen MR) is 278 cm³/mol. The third kappa shape index (κ3) is 5.97. The molecule has 2 aromatic heterocycles. The monoisotopic (exact) mass is 851 g/mol. The Morgan fingerprint density at radius 1 is 0.254 bits per heavy atom. The van der Waals surface area contributed by atoms with Gasteiger partial charge in [0.25, 0.3) is 0 Å². The van der Waals surface area contributed by atoms with Gasteiger partial charge in [-0.25, -0.2) is 15.0 Å². The molecule has 0 N–H and O–H groups in total. The lowest BCUT2D eigenvalue weighted by molar-refractivity contribution is 0.631. The van der Waals surface area contributed by atoms with Crippen LogP contribution in [-0.4, -0.2) is 15.0 Å². The molecule has 0 unspecified atom stereocenters. The fraction of sp³-hybridized carbons (Fsp3) is 0.